The van der Waals surface area contributed by atoms with E-state index in [0.717, 1.165) is 0 Å². The molecule has 1 heterocycles. The third kappa shape index (κ3) is 8.03. The van der Waals surface area contributed by atoms with Crippen molar-refractivity contribution >= 4 is 18.0 Å². The molecular formula is C18H32N2O6. The lowest BCUT2D eigenvalue weighted by Gasteiger charge is -2.29. The second-order valence-corrected chi connectivity index (χ2v) is 8.60. The highest BCUT2D eigenvalue weighted by Gasteiger charge is 2.38. The number of nitrogens with one attached hydrogen (secondary N) is 2. The molecule has 2 amide bonds. The van der Waals surface area contributed by atoms with Gasteiger partial charge in [0.25, 0.3) is 0 Å². The highest BCUT2D eigenvalue weighted by Crippen LogP contribution is 2.22. The van der Waals surface area contributed by atoms with Crippen molar-refractivity contribution in [1.82, 2.24) is 10.6 Å². The van der Waals surface area contributed by atoms with E-state index in [9.17, 15) is 14.4 Å². The average Bonchev–Trinajstić information content (AvgIpc) is 2.74. The van der Waals surface area contributed by atoms with E-state index in [1.807, 2.05) is 20.8 Å². The fourth-order valence-electron chi connectivity index (χ4n) is 2.52. The highest BCUT2D eigenvalue weighted by molar-refractivity contribution is 5.86. The fourth-order valence-corrected chi connectivity index (χ4v) is 2.52. The van der Waals surface area contributed by atoms with E-state index in [4.69, 9.17) is 14.2 Å². The molecule has 0 aliphatic carbocycles. The van der Waals surface area contributed by atoms with Crippen molar-refractivity contribution in [1.29, 1.82) is 0 Å². The van der Waals surface area contributed by atoms with Crippen molar-refractivity contribution in [3.63, 3.8) is 0 Å². The summed E-state index contributed by atoms with van der Waals surface area (Å²) in [6, 6.07) is -1.39. The average molecular weight is 372 g/mol. The maximum absolute atomic E-state index is 12.7. The molecule has 1 saturated heterocycles. The molecule has 8 nitrogen and oxygen atoms in total. The summed E-state index contributed by atoms with van der Waals surface area (Å²) in [5.74, 6) is -0.833. The second-order valence-electron chi connectivity index (χ2n) is 8.60. The Morgan fingerprint density at radius 3 is 2.35 bits per heavy atom. The first-order valence-electron chi connectivity index (χ1n) is 8.91. The van der Waals surface area contributed by atoms with Gasteiger partial charge in [0.05, 0.1) is 6.42 Å². The third-order valence-corrected chi connectivity index (χ3v) is 3.45. The molecule has 0 spiro atoms. The molecule has 0 radical (unpaired) electrons. The summed E-state index contributed by atoms with van der Waals surface area (Å²) < 4.78 is 15.6. The number of cyclic esters (lactones) is 1. The quantitative estimate of drug-likeness (QED) is 0.692. The lowest BCUT2D eigenvalue weighted by molar-refractivity contribution is -0.164. The minimum Gasteiger partial charge on any atom is -0.444 e. The Morgan fingerprint density at radius 1 is 1.23 bits per heavy atom. The molecule has 26 heavy (non-hydrogen) atoms. The zero-order valence-corrected chi connectivity index (χ0v) is 16.8. The zero-order valence-electron chi connectivity index (χ0n) is 16.8. The predicted molar refractivity (Wildman–Crippen MR) is 95.3 cm³/mol. The Kier molecular flexibility index (Phi) is 7.44. The fraction of sp³-hybridized carbons (Fsp3) is 0.833. The van der Waals surface area contributed by atoms with Gasteiger partial charge < -0.3 is 24.8 Å². The molecule has 1 fully saturated rings. The number of rotatable bonds is 6. The molecule has 1 aliphatic heterocycles. The van der Waals surface area contributed by atoms with Crippen molar-refractivity contribution in [3.8, 4) is 0 Å². The minimum atomic E-state index is -0.812. The molecule has 0 unspecified atom stereocenters. The second kappa shape index (κ2) is 8.70. The highest BCUT2D eigenvalue weighted by atomic mass is 16.7. The van der Waals surface area contributed by atoms with E-state index in [1.54, 1.807) is 27.7 Å². The van der Waals surface area contributed by atoms with Gasteiger partial charge in [0.2, 0.25) is 12.2 Å². The molecule has 8 heteroatoms. The Hall–Kier alpha value is -1.83. The Labute approximate surface area is 155 Å². The van der Waals surface area contributed by atoms with Gasteiger partial charge in [-0.25, -0.2) is 4.79 Å². The summed E-state index contributed by atoms with van der Waals surface area (Å²) in [6.45, 7) is 13.3. The van der Waals surface area contributed by atoms with Gasteiger partial charge >= 0.3 is 12.1 Å². The van der Waals surface area contributed by atoms with Gasteiger partial charge in [0.1, 0.15) is 17.7 Å². The summed E-state index contributed by atoms with van der Waals surface area (Å²) in [5, 5.41) is 5.38. The van der Waals surface area contributed by atoms with E-state index < -0.39 is 41.9 Å². The van der Waals surface area contributed by atoms with Crippen LogP contribution in [-0.4, -0.2) is 48.6 Å². The normalized spacial score (nSPS) is 21.7. The number of amides is 2. The van der Waals surface area contributed by atoms with Crippen LogP contribution in [0.4, 0.5) is 4.79 Å². The van der Waals surface area contributed by atoms with Crippen LogP contribution < -0.4 is 10.6 Å². The molecule has 2 N–H and O–H groups in total. The Morgan fingerprint density at radius 2 is 1.85 bits per heavy atom. The van der Waals surface area contributed by atoms with Crippen molar-refractivity contribution in [2.24, 2.45) is 5.41 Å². The lowest BCUT2D eigenvalue weighted by Crippen LogP contribution is -2.53. The summed E-state index contributed by atoms with van der Waals surface area (Å²) in [5.41, 5.74) is -0.878. The van der Waals surface area contributed by atoms with Gasteiger partial charge in [0, 0.05) is 6.61 Å². The topological polar surface area (TPSA) is 103 Å². The maximum atomic E-state index is 12.7. The van der Waals surface area contributed by atoms with E-state index in [0.29, 0.717) is 13.0 Å². The van der Waals surface area contributed by atoms with Crippen LogP contribution in [0.5, 0.6) is 0 Å². The predicted octanol–water partition coefficient (Wildman–Crippen LogP) is 2.11. The van der Waals surface area contributed by atoms with E-state index in [-0.39, 0.29) is 11.8 Å². The van der Waals surface area contributed by atoms with Crippen molar-refractivity contribution in [2.75, 3.05) is 6.61 Å². The van der Waals surface area contributed by atoms with Crippen LogP contribution in [0.2, 0.25) is 0 Å². The Bertz CT molecular complexity index is 521. The molecule has 0 aromatic rings. The van der Waals surface area contributed by atoms with E-state index >= 15 is 0 Å². The van der Waals surface area contributed by atoms with Crippen LogP contribution in [-0.2, 0) is 23.8 Å². The lowest BCUT2D eigenvalue weighted by atomic mass is 9.87. The molecule has 1 rings (SSSR count). The van der Waals surface area contributed by atoms with Crippen LogP contribution >= 0.6 is 0 Å². The van der Waals surface area contributed by atoms with Crippen molar-refractivity contribution in [3.05, 3.63) is 0 Å². The molecule has 0 aromatic heterocycles. The Balaban J connectivity index is 2.80. The third-order valence-electron chi connectivity index (χ3n) is 3.45. The molecule has 150 valence electrons. The van der Waals surface area contributed by atoms with Gasteiger partial charge in [-0.3, -0.25) is 9.59 Å². The van der Waals surface area contributed by atoms with Crippen molar-refractivity contribution < 1.29 is 28.6 Å². The van der Waals surface area contributed by atoms with Gasteiger partial charge in [-0.15, -0.1) is 0 Å². The maximum Gasteiger partial charge on any atom is 0.408 e. The summed E-state index contributed by atoms with van der Waals surface area (Å²) in [7, 11) is 0. The van der Waals surface area contributed by atoms with Gasteiger partial charge in [-0.1, -0.05) is 20.8 Å². The van der Waals surface area contributed by atoms with Crippen molar-refractivity contribution in [2.45, 2.75) is 85.3 Å². The van der Waals surface area contributed by atoms with Gasteiger partial charge in [-0.2, -0.15) is 0 Å². The zero-order chi connectivity index (χ0) is 20.1. The number of carbonyl (C=O) groups is 3. The molecular weight excluding hydrogens is 340 g/mol. The SMILES string of the molecule is CCO[C@@H]1OC(=O)C[C@@H]1NC(=O)[C@H](CC(C)(C)C)NC(=O)OC(C)(C)C. The molecule has 0 saturated carbocycles. The van der Waals surface area contributed by atoms with E-state index in [1.165, 1.54) is 0 Å². The van der Waals surface area contributed by atoms with Crippen LogP contribution in [0.1, 0.15) is 61.3 Å². The molecule has 0 aromatic carbocycles. The number of hydrogen-bond acceptors (Lipinski definition) is 6. The smallest absolute Gasteiger partial charge is 0.408 e. The summed E-state index contributed by atoms with van der Waals surface area (Å²) in [4.78, 5) is 36.3. The number of esters is 1. The summed E-state index contributed by atoms with van der Waals surface area (Å²) >= 11 is 0. The molecule has 3 atom stereocenters. The first kappa shape index (κ1) is 22.2. The van der Waals surface area contributed by atoms with E-state index in [2.05, 4.69) is 10.6 Å². The van der Waals surface area contributed by atoms with Crippen LogP contribution in [0.3, 0.4) is 0 Å². The number of hydrogen-bond donors (Lipinski definition) is 2. The summed E-state index contributed by atoms with van der Waals surface area (Å²) in [6.07, 6.45) is -1.04. The number of ether oxygens (including phenoxy) is 3. The van der Waals surface area contributed by atoms with Crippen LogP contribution in [0.25, 0.3) is 0 Å². The van der Waals surface area contributed by atoms with Crippen LogP contribution in [0.15, 0.2) is 0 Å². The van der Waals surface area contributed by atoms with Crippen LogP contribution in [0, 0.1) is 5.41 Å². The van der Waals surface area contributed by atoms with Gasteiger partial charge in [-0.05, 0) is 39.5 Å². The number of alkyl carbamates (subject to hydrolysis) is 1. The largest absolute Gasteiger partial charge is 0.444 e. The minimum absolute atomic E-state index is 0.0328. The first-order chi connectivity index (χ1) is 11.8. The molecule has 0 bridgehead atoms. The monoisotopic (exact) mass is 372 g/mol. The first-order valence-corrected chi connectivity index (χ1v) is 8.91. The van der Waals surface area contributed by atoms with Gasteiger partial charge in [0.15, 0.2) is 0 Å². The molecule has 1 aliphatic rings. The number of carbonyl (C=O) groups excluding carboxylic acids is 3. The standard InChI is InChI=1S/C18H32N2O6/c1-8-24-15-11(9-13(21)25-15)19-14(22)12(10-17(2,3)4)20-16(23)26-18(5,6)7/h11-12,15H,8-10H2,1-7H3,(H,19,22)(H,20,23)/t11-,12-,15+/m0/s1.